The SMILES string of the molecule is C=C1Oc2c(c(C)c([N+](=O)[O-])c(O)c2[N+](=O)[O-])C=C1C(=O)OCC. The van der Waals surface area contributed by atoms with Gasteiger partial charge in [0.25, 0.3) is 5.75 Å². The second-order valence-corrected chi connectivity index (χ2v) is 4.73. The minimum absolute atomic E-state index is 0.0679. The third kappa shape index (κ3) is 2.53. The number of benzene rings is 1. The van der Waals surface area contributed by atoms with E-state index in [0.717, 1.165) is 6.08 Å². The van der Waals surface area contributed by atoms with Crippen molar-refractivity contribution in [3.05, 3.63) is 49.3 Å². The standard InChI is InChI=1S/C14H12N2O8/c1-4-23-14(18)9-5-8-6(2)10(15(19)20)12(17)11(16(21)22)13(8)24-7(9)3/h5,17H,3-4H2,1-2H3. The van der Waals surface area contributed by atoms with E-state index >= 15 is 0 Å². The molecule has 1 aliphatic heterocycles. The molecule has 1 aromatic rings. The van der Waals surface area contributed by atoms with E-state index in [-0.39, 0.29) is 29.1 Å². The molecular formula is C14H12N2O8. The monoisotopic (exact) mass is 336 g/mol. The van der Waals surface area contributed by atoms with Crippen LogP contribution in [0.25, 0.3) is 6.08 Å². The molecule has 1 aromatic carbocycles. The lowest BCUT2D eigenvalue weighted by Crippen LogP contribution is -2.16. The number of nitrogens with zero attached hydrogens (tertiary/aromatic N) is 2. The average molecular weight is 336 g/mol. The molecule has 1 N–H and O–H groups in total. The fraction of sp³-hybridized carbons (Fsp3) is 0.214. The van der Waals surface area contributed by atoms with Crippen LogP contribution in [0.1, 0.15) is 18.1 Å². The Morgan fingerprint density at radius 1 is 1.33 bits per heavy atom. The van der Waals surface area contributed by atoms with Gasteiger partial charge < -0.3 is 14.6 Å². The van der Waals surface area contributed by atoms with Crippen molar-refractivity contribution in [2.45, 2.75) is 13.8 Å². The molecule has 0 radical (unpaired) electrons. The highest BCUT2D eigenvalue weighted by Gasteiger charge is 2.39. The molecule has 0 saturated heterocycles. The number of phenolic OH excluding ortho intramolecular Hbond substituents is 1. The Kier molecular flexibility index (Phi) is 4.22. The van der Waals surface area contributed by atoms with E-state index in [1.54, 1.807) is 6.92 Å². The van der Waals surface area contributed by atoms with Crippen molar-refractivity contribution < 1.29 is 29.2 Å². The zero-order chi connectivity index (χ0) is 18.2. The summed E-state index contributed by atoms with van der Waals surface area (Å²) in [4.78, 5) is 32.3. The molecule has 0 aliphatic carbocycles. The Balaban J connectivity index is 2.83. The number of hydrogen-bond acceptors (Lipinski definition) is 8. The van der Waals surface area contributed by atoms with Crippen molar-refractivity contribution in [2.24, 2.45) is 0 Å². The van der Waals surface area contributed by atoms with E-state index in [0.29, 0.717) is 0 Å². The van der Waals surface area contributed by atoms with Gasteiger partial charge in [-0.3, -0.25) is 20.2 Å². The zero-order valence-corrected chi connectivity index (χ0v) is 12.7. The number of aromatic hydroxyl groups is 1. The third-order valence-electron chi connectivity index (χ3n) is 3.34. The fourth-order valence-electron chi connectivity index (χ4n) is 2.28. The molecule has 0 bridgehead atoms. The molecule has 0 amide bonds. The van der Waals surface area contributed by atoms with Crippen molar-refractivity contribution in [1.29, 1.82) is 0 Å². The van der Waals surface area contributed by atoms with Crippen molar-refractivity contribution in [3.63, 3.8) is 0 Å². The summed E-state index contributed by atoms with van der Waals surface area (Å²) < 4.78 is 10.0. The quantitative estimate of drug-likeness (QED) is 0.501. The van der Waals surface area contributed by atoms with Gasteiger partial charge in [0.05, 0.1) is 16.5 Å². The molecule has 0 fully saturated rings. The maximum Gasteiger partial charge on any atom is 0.360 e. The van der Waals surface area contributed by atoms with E-state index < -0.39 is 38.7 Å². The van der Waals surface area contributed by atoms with Gasteiger partial charge in [-0.2, -0.15) is 0 Å². The molecule has 2 rings (SSSR count). The Labute approximate surface area is 134 Å². The highest BCUT2D eigenvalue weighted by molar-refractivity contribution is 6.00. The van der Waals surface area contributed by atoms with E-state index in [9.17, 15) is 30.1 Å². The summed E-state index contributed by atoms with van der Waals surface area (Å²) in [5.74, 6) is -2.55. The number of rotatable bonds is 4. The maximum absolute atomic E-state index is 11.9. The van der Waals surface area contributed by atoms with E-state index in [2.05, 4.69) is 6.58 Å². The van der Waals surface area contributed by atoms with Gasteiger partial charge >= 0.3 is 17.3 Å². The van der Waals surface area contributed by atoms with Crippen LogP contribution in [0.3, 0.4) is 0 Å². The van der Waals surface area contributed by atoms with Crippen molar-refractivity contribution in [2.75, 3.05) is 6.61 Å². The molecule has 10 nitrogen and oxygen atoms in total. The lowest BCUT2D eigenvalue weighted by Gasteiger charge is -2.20. The first-order valence-corrected chi connectivity index (χ1v) is 6.64. The van der Waals surface area contributed by atoms with Crippen LogP contribution in [0.15, 0.2) is 17.9 Å². The van der Waals surface area contributed by atoms with E-state index in [1.807, 2.05) is 0 Å². The summed E-state index contributed by atoms with van der Waals surface area (Å²) in [6.45, 7) is 6.42. The predicted octanol–water partition coefficient (Wildman–Crippen LogP) is 2.37. The normalized spacial score (nSPS) is 12.8. The Hall–Kier alpha value is -3.43. The molecule has 0 unspecified atom stereocenters. The number of carbonyl (C=O) groups excluding carboxylic acids is 1. The van der Waals surface area contributed by atoms with Crippen LogP contribution in [0.4, 0.5) is 11.4 Å². The van der Waals surface area contributed by atoms with Gasteiger partial charge in [0.2, 0.25) is 5.75 Å². The molecular weight excluding hydrogens is 324 g/mol. The first-order valence-electron chi connectivity index (χ1n) is 6.64. The number of phenols is 1. The van der Waals surface area contributed by atoms with Crippen LogP contribution in [-0.4, -0.2) is 27.5 Å². The number of ether oxygens (including phenoxy) is 2. The number of hydrogen-bond donors (Lipinski definition) is 1. The maximum atomic E-state index is 11.9. The van der Waals surface area contributed by atoms with Crippen molar-refractivity contribution in [1.82, 2.24) is 0 Å². The zero-order valence-electron chi connectivity index (χ0n) is 12.7. The molecule has 1 aliphatic rings. The minimum atomic E-state index is -1.12. The van der Waals surface area contributed by atoms with Gasteiger partial charge in [0.15, 0.2) is 0 Å². The number of fused-ring (bicyclic) bond motifs is 1. The Bertz CT molecular complexity index is 825. The van der Waals surface area contributed by atoms with Gasteiger partial charge in [-0.1, -0.05) is 6.58 Å². The summed E-state index contributed by atoms with van der Waals surface area (Å²) in [5, 5.41) is 32.2. The molecule has 0 atom stereocenters. The number of carbonyl (C=O) groups is 1. The lowest BCUT2D eigenvalue weighted by molar-refractivity contribution is -0.396. The van der Waals surface area contributed by atoms with Gasteiger partial charge in [-0.25, -0.2) is 4.79 Å². The Morgan fingerprint density at radius 3 is 2.42 bits per heavy atom. The smallest absolute Gasteiger partial charge is 0.360 e. The molecule has 0 aromatic heterocycles. The van der Waals surface area contributed by atoms with Crippen molar-refractivity contribution >= 4 is 23.4 Å². The second kappa shape index (κ2) is 5.99. The number of nitro benzene ring substituents is 2. The predicted molar refractivity (Wildman–Crippen MR) is 80.5 cm³/mol. The summed E-state index contributed by atoms with van der Waals surface area (Å²) in [7, 11) is 0. The Morgan fingerprint density at radius 2 is 1.92 bits per heavy atom. The van der Waals surface area contributed by atoms with Gasteiger partial charge in [0.1, 0.15) is 11.3 Å². The molecule has 126 valence electrons. The highest BCUT2D eigenvalue weighted by Crippen LogP contribution is 2.51. The van der Waals surface area contributed by atoms with Crippen LogP contribution in [0, 0.1) is 27.2 Å². The fourth-order valence-corrected chi connectivity index (χ4v) is 2.28. The van der Waals surface area contributed by atoms with Gasteiger partial charge in [-0.05, 0) is 19.9 Å². The summed E-state index contributed by atoms with van der Waals surface area (Å²) in [6.07, 6.45) is 1.16. The van der Waals surface area contributed by atoms with Crippen LogP contribution in [0.5, 0.6) is 11.5 Å². The lowest BCUT2D eigenvalue weighted by atomic mass is 9.97. The topological polar surface area (TPSA) is 142 Å². The van der Waals surface area contributed by atoms with Crippen LogP contribution < -0.4 is 4.74 Å². The second-order valence-electron chi connectivity index (χ2n) is 4.73. The summed E-state index contributed by atoms with van der Waals surface area (Å²) >= 11 is 0. The van der Waals surface area contributed by atoms with Gasteiger partial charge in [-0.15, -0.1) is 0 Å². The van der Waals surface area contributed by atoms with E-state index in [4.69, 9.17) is 9.47 Å². The number of nitro groups is 2. The average Bonchev–Trinajstić information content (AvgIpc) is 2.46. The summed E-state index contributed by atoms with van der Waals surface area (Å²) in [6, 6.07) is 0. The molecule has 0 saturated carbocycles. The van der Waals surface area contributed by atoms with Crippen LogP contribution in [-0.2, 0) is 9.53 Å². The molecule has 1 heterocycles. The van der Waals surface area contributed by atoms with Crippen LogP contribution in [0.2, 0.25) is 0 Å². The molecule has 0 spiro atoms. The summed E-state index contributed by atoms with van der Waals surface area (Å²) in [5.41, 5.74) is -2.09. The first-order chi connectivity index (χ1) is 11.2. The largest absolute Gasteiger partial charge is 0.497 e. The van der Waals surface area contributed by atoms with Crippen LogP contribution >= 0.6 is 0 Å². The van der Waals surface area contributed by atoms with Gasteiger partial charge in [0, 0.05) is 11.1 Å². The van der Waals surface area contributed by atoms with E-state index in [1.165, 1.54) is 6.92 Å². The highest BCUT2D eigenvalue weighted by atomic mass is 16.6. The number of esters is 1. The molecule has 10 heteroatoms. The molecule has 24 heavy (non-hydrogen) atoms. The third-order valence-corrected chi connectivity index (χ3v) is 3.34. The first kappa shape index (κ1) is 16.9. The minimum Gasteiger partial charge on any atom is -0.497 e. The van der Waals surface area contributed by atoms with Crippen molar-refractivity contribution in [3.8, 4) is 11.5 Å².